The molecule has 4 rings (SSSR count). The van der Waals surface area contributed by atoms with Gasteiger partial charge in [0.1, 0.15) is 6.33 Å². The van der Waals surface area contributed by atoms with E-state index in [2.05, 4.69) is 15.4 Å². The van der Waals surface area contributed by atoms with Crippen LogP contribution in [0.5, 0.6) is 11.5 Å². The molecule has 0 amide bonds. The largest absolute Gasteiger partial charge is 0.493 e. The normalized spacial score (nSPS) is 18.7. The van der Waals surface area contributed by atoms with Crippen LogP contribution in [-0.2, 0) is 0 Å². The molecule has 1 N–H and O–H groups in total. The van der Waals surface area contributed by atoms with Gasteiger partial charge in [0, 0.05) is 5.02 Å². The number of nitrogens with zero attached hydrogens (tertiary/aromatic N) is 3. The molecule has 1 aliphatic heterocycles. The van der Waals surface area contributed by atoms with Gasteiger partial charge in [-0.25, -0.2) is 4.68 Å². The molecule has 2 heterocycles. The number of aromatic nitrogens is 3. The second kappa shape index (κ2) is 6.88. The number of benzene rings is 2. The molecule has 0 radical (unpaired) electrons. The van der Waals surface area contributed by atoms with Crippen molar-refractivity contribution in [3.63, 3.8) is 0 Å². The van der Waals surface area contributed by atoms with E-state index in [0.717, 1.165) is 28.5 Å². The highest BCUT2D eigenvalue weighted by Crippen LogP contribution is 2.40. The van der Waals surface area contributed by atoms with Crippen LogP contribution in [0.3, 0.4) is 0 Å². The fourth-order valence-electron chi connectivity index (χ4n) is 3.37. The lowest BCUT2D eigenvalue weighted by Crippen LogP contribution is -2.28. The summed E-state index contributed by atoms with van der Waals surface area (Å²) in [6, 6.07) is 14.0. The van der Waals surface area contributed by atoms with Crippen molar-refractivity contribution in [2.75, 3.05) is 19.5 Å². The summed E-state index contributed by atoms with van der Waals surface area (Å²) < 4.78 is 12.7. The summed E-state index contributed by atoms with van der Waals surface area (Å²) in [4.78, 5) is 4.36. The lowest BCUT2D eigenvalue weighted by molar-refractivity contribution is 0.352. The van der Waals surface area contributed by atoms with Crippen LogP contribution >= 0.6 is 11.6 Å². The van der Waals surface area contributed by atoms with E-state index in [0.29, 0.717) is 11.5 Å². The van der Waals surface area contributed by atoms with E-state index >= 15 is 0 Å². The van der Waals surface area contributed by atoms with Crippen LogP contribution in [0.1, 0.15) is 29.6 Å². The summed E-state index contributed by atoms with van der Waals surface area (Å²) in [6.45, 7) is 0. The van der Waals surface area contributed by atoms with E-state index in [4.69, 9.17) is 21.1 Å². The van der Waals surface area contributed by atoms with Crippen molar-refractivity contribution in [3.05, 3.63) is 64.9 Å². The molecule has 1 aromatic heterocycles. The minimum atomic E-state index is 0.0363. The van der Waals surface area contributed by atoms with Crippen molar-refractivity contribution in [2.45, 2.75) is 18.5 Å². The van der Waals surface area contributed by atoms with E-state index in [1.165, 1.54) is 0 Å². The molecule has 7 heteroatoms. The Labute approximate surface area is 156 Å². The Balaban J connectivity index is 1.72. The number of rotatable bonds is 4. The van der Waals surface area contributed by atoms with Gasteiger partial charge in [0.2, 0.25) is 5.95 Å². The zero-order valence-corrected chi connectivity index (χ0v) is 15.3. The highest BCUT2D eigenvalue weighted by atomic mass is 35.5. The molecule has 26 heavy (non-hydrogen) atoms. The number of halogens is 1. The second-order valence-electron chi connectivity index (χ2n) is 6.14. The van der Waals surface area contributed by atoms with Gasteiger partial charge in [0.05, 0.1) is 26.3 Å². The van der Waals surface area contributed by atoms with Gasteiger partial charge in [-0.1, -0.05) is 29.8 Å². The van der Waals surface area contributed by atoms with Crippen molar-refractivity contribution < 1.29 is 9.47 Å². The van der Waals surface area contributed by atoms with Gasteiger partial charge in [0.25, 0.3) is 0 Å². The molecular formula is C19H19ClN4O2. The van der Waals surface area contributed by atoms with E-state index in [-0.39, 0.29) is 12.1 Å². The first-order chi connectivity index (χ1) is 12.7. The zero-order chi connectivity index (χ0) is 18.1. The summed E-state index contributed by atoms with van der Waals surface area (Å²) in [5.41, 5.74) is 2.25. The first kappa shape index (κ1) is 16.7. The van der Waals surface area contributed by atoms with Gasteiger partial charge in [-0.2, -0.15) is 10.1 Å². The summed E-state index contributed by atoms with van der Waals surface area (Å²) in [5.74, 6) is 2.16. The molecule has 2 aromatic carbocycles. The highest BCUT2D eigenvalue weighted by Gasteiger charge is 2.30. The van der Waals surface area contributed by atoms with Gasteiger partial charge in [-0.15, -0.1) is 0 Å². The molecule has 0 aliphatic carbocycles. The minimum Gasteiger partial charge on any atom is -0.493 e. The van der Waals surface area contributed by atoms with Crippen LogP contribution < -0.4 is 14.8 Å². The Bertz CT molecular complexity index is 910. The fraction of sp³-hybridized carbons (Fsp3) is 0.263. The van der Waals surface area contributed by atoms with Crippen LogP contribution in [0.15, 0.2) is 48.8 Å². The Hall–Kier alpha value is -2.73. The molecule has 6 nitrogen and oxygen atoms in total. The minimum absolute atomic E-state index is 0.0363. The fourth-order valence-corrected chi connectivity index (χ4v) is 3.50. The molecule has 0 saturated carbocycles. The molecular weight excluding hydrogens is 352 g/mol. The third kappa shape index (κ3) is 2.97. The quantitative estimate of drug-likeness (QED) is 0.749. The van der Waals surface area contributed by atoms with E-state index < -0.39 is 0 Å². The number of fused-ring (bicyclic) bond motifs is 1. The van der Waals surface area contributed by atoms with Gasteiger partial charge < -0.3 is 14.8 Å². The van der Waals surface area contributed by atoms with Gasteiger partial charge >= 0.3 is 0 Å². The predicted molar refractivity (Wildman–Crippen MR) is 100 cm³/mol. The number of methoxy groups -OCH3 is 2. The SMILES string of the molecule is COc1ccc([C@@H]2C[C@H](c3ccc(Cl)cc3)Nc3ncnn32)cc1OC. The first-order valence-corrected chi connectivity index (χ1v) is 8.71. The molecule has 0 spiro atoms. The lowest BCUT2D eigenvalue weighted by Gasteiger charge is -2.32. The maximum atomic E-state index is 6.03. The third-order valence-electron chi connectivity index (χ3n) is 4.70. The predicted octanol–water partition coefficient (Wildman–Crippen LogP) is 4.10. The second-order valence-corrected chi connectivity index (χ2v) is 6.58. The lowest BCUT2D eigenvalue weighted by atomic mass is 9.93. The van der Waals surface area contributed by atoms with Crippen LogP contribution in [0.2, 0.25) is 5.02 Å². The van der Waals surface area contributed by atoms with Crippen molar-refractivity contribution in [3.8, 4) is 11.5 Å². The van der Waals surface area contributed by atoms with E-state index in [9.17, 15) is 0 Å². The first-order valence-electron chi connectivity index (χ1n) is 8.33. The van der Waals surface area contributed by atoms with Crippen molar-refractivity contribution in [2.24, 2.45) is 0 Å². The molecule has 0 fully saturated rings. The Kier molecular flexibility index (Phi) is 4.42. The van der Waals surface area contributed by atoms with Gasteiger partial charge in [-0.3, -0.25) is 0 Å². The summed E-state index contributed by atoms with van der Waals surface area (Å²) in [6.07, 6.45) is 2.40. The molecule has 0 saturated heterocycles. The molecule has 3 aromatic rings. The number of hydrogen-bond donors (Lipinski definition) is 1. The van der Waals surface area contributed by atoms with Crippen molar-refractivity contribution in [1.82, 2.24) is 14.8 Å². The summed E-state index contributed by atoms with van der Waals surface area (Å²) >= 11 is 6.03. The Morgan fingerprint density at radius 1 is 1.04 bits per heavy atom. The van der Waals surface area contributed by atoms with Crippen LogP contribution in [0.25, 0.3) is 0 Å². The summed E-state index contributed by atoms with van der Waals surface area (Å²) in [7, 11) is 3.27. The van der Waals surface area contributed by atoms with Crippen LogP contribution in [-0.4, -0.2) is 29.0 Å². The highest BCUT2D eigenvalue weighted by molar-refractivity contribution is 6.30. The summed E-state index contributed by atoms with van der Waals surface area (Å²) in [5, 5.41) is 8.58. The average molecular weight is 371 g/mol. The topological polar surface area (TPSA) is 61.2 Å². The Morgan fingerprint density at radius 3 is 2.50 bits per heavy atom. The molecule has 1 aliphatic rings. The van der Waals surface area contributed by atoms with E-state index in [1.54, 1.807) is 20.5 Å². The molecule has 134 valence electrons. The van der Waals surface area contributed by atoms with Crippen molar-refractivity contribution in [1.29, 1.82) is 0 Å². The maximum absolute atomic E-state index is 6.03. The van der Waals surface area contributed by atoms with E-state index in [1.807, 2.05) is 47.1 Å². The number of nitrogens with one attached hydrogen (secondary N) is 1. The third-order valence-corrected chi connectivity index (χ3v) is 4.95. The van der Waals surface area contributed by atoms with Crippen molar-refractivity contribution >= 4 is 17.5 Å². The monoisotopic (exact) mass is 370 g/mol. The number of anilines is 1. The van der Waals surface area contributed by atoms with Crippen LogP contribution in [0, 0.1) is 0 Å². The molecule has 2 atom stereocenters. The standard InChI is InChI=1S/C19H19ClN4O2/c1-25-17-8-5-13(9-18(17)26-2)16-10-15(12-3-6-14(20)7-4-12)23-19-21-11-22-24(16)19/h3-9,11,15-16H,10H2,1-2H3,(H,21,22,23)/t15-,16+/m1/s1. The maximum Gasteiger partial charge on any atom is 0.222 e. The molecule has 0 bridgehead atoms. The van der Waals surface area contributed by atoms with Crippen LogP contribution in [0.4, 0.5) is 5.95 Å². The average Bonchev–Trinajstić information content (AvgIpc) is 3.16. The number of ether oxygens (including phenoxy) is 2. The Morgan fingerprint density at radius 2 is 1.77 bits per heavy atom. The van der Waals surface area contributed by atoms with Gasteiger partial charge in [0.15, 0.2) is 11.5 Å². The zero-order valence-electron chi connectivity index (χ0n) is 14.5. The molecule has 0 unspecified atom stereocenters. The van der Waals surface area contributed by atoms with Gasteiger partial charge in [-0.05, 0) is 41.8 Å². The number of hydrogen-bond acceptors (Lipinski definition) is 5. The smallest absolute Gasteiger partial charge is 0.222 e.